The van der Waals surface area contributed by atoms with Gasteiger partial charge in [-0.2, -0.15) is 0 Å². The van der Waals surface area contributed by atoms with Gasteiger partial charge in [0.1, 0.15) is 0 Å². The number of hydrogen-bond donors (Lipinski definition) is 2. The van der Waals surface area contributed by atoms with Gasteiger partial charge in [0, 0.05) is 48.1 Å². The third-order valence-electron chi connectivity index (χ3n) is 4.75. The van der Waals surface area contributed by atoms with E-state index in [0.29, 0.717) is 17.7 Å². The predicted octanol–water partition coefficient (Wildman–Crippen LogP) is 2.61. The highest BCUT2D eigenvalue weighted by Crippen LogP contribution is 2.21. The molecule has 132 valence electrons. The summed E-state index contributed by atoms with van der Waals surface area (Å²) in [6, 6.07) is 7.17. The summed E-state index contributed by atoms with van der Waals surface area (Å²) in [7, 11) is 0. The molecule has 2 atom stereocenters. The van der Waals surface area contributed by atoms with Crippen LogP contribution in [0.3, 0.4) is 0 Å². The molecule has 0 radical (unpaired) electrons. The van der Waals surface area contributed by atoms with Crippen molar-refractivity contribution in [3.63, 3.8) is 0 Å². The molecule has 25 heavy (non-hydrogen) atoms. The van der Waals surface area contributed by atoms with Gasteiger partial charge in [0.15, 0.2) is 0 Å². The van der Waals surface area contributed by atoms with E-state index in [1.54, 1.807) is 24.3 Å². The molecule has 0 fully saturated rings. The Morgan fingerprint density at radius 1 is 1.32 bits per heavy atom. The fraction of sp³-hybridized carbons (Fsp3) is 0.421. The summed E-state index contributed by atoms with van der Waals surface area (Å²) in [5.74, 6) is -0.116. The number of carbonyl (C=O) groups is 2. The van der Waals surface area contributed by atoms with Gasteiger partial charge >= 0.3 is 0 Å². The number of aryl methyl sites for hydroxylation is 1. The standard InChI is InChI=1S/C19H24N4O2/c1-3-13(2)21-18(24)14-4-6-16(7-5-14)22-19(25)15-8-9-23-12-20-11-17(23)10-15/h4-7,11-13,15H,3,8-10H2,1-2H3,(H,21,24)(H,22,25)/t13-,15+/m1/s1. The van der Waals surface area contributed by atoms with Gasteiger partial charge in [0.05, 0.1) is 6.33 Å². The third-order valence-corrected chi connectivity index (χ3v) is 4.75. The highest BCUT2D eigenvalue weighted by molar-refractivity contribution is 5.96. The highest BCUT2D eigenvalue weighted by Gasteiger charge is 2.24. The molecule has 2 heterocycles. The summed E-state index contributed by atoms with van der Waals surface area (Å²) >= 11 is 0. The summed E-state index contributed by atoms with van der Waals surface area (Å²) in [6.45, 7) is 4.83. The maximum absolute atomic E-state index is 12.5. The minimum atomic E-state index is -0.0900. The summed E-state index contributed by atoms with van der Waals surface area (Å²) in [5.41, 5.74) is 2.41. The number of aromatic nitrogens is 2. The number of amides is 2. The van der Waals surface area contributed by atoms with Crippen LogP contribution in [0, 0.1) is 5.92 Å². The molecule has 0 unspecified atom stereocenters. The number of anilines is 1. The van der Waals surface area contributed by atoms with Crippen molar-refractivity contribution in [2.45, 2.75) is 45.7 Å². The molecular formula is C19H24N4O2. The van der Waals surface area contributed by atoms with Crippen molar-refractivity contribution in [2.24, 2.45) is 5.92 Å². The Bertz CT molecular complexity index is 751. The average molecular weight is 340 g/mol. The van der Waals surface area contributed by atoms with E-state index in [0.717, 1.165) is 25.1 Å². The zero-order chi connectivity index (χ0) is 17.8. The summed E-state index contributed by atoms with van der Waals surface area (Å²) in [4.78, 5) is 28.7. The molecule has 0 spiro atoms. The van der Waals surface area contributed by atoms with Gasteiger partial charge in [-0.25, -0.2) is 4.98 Å². The van der Waals surface area contributed by atoms with E-state index in [-0.39, 0.29) is 23.8 Å². The van der Waals surface area contributed by atoms with E-state index in [1.165, 1.54) is 0 Å². The van der Waals surface area contributed by atoms with Crippen LogP contribution < -0.4 is 10.6 Å². The first-order chi connectivity index (χ1) is 12.1. The van der Waals surface area contributed by atoms with Crippen LogP contribution in [-0.2, 0) is 17.8 Å². The van der Waals surface area contributed by atoms with E-state index in [1.807, 2.05) is 26.4 Å². The van der Waals surface area contributed by atoms with Gasteiger partial charge in [0.2, 0.25) is 5.91 Å². The van der Waals surface area contributed by atoms with Gasteiger partial charge in [-0.3, -0.25) is 9.59 Å². The van der Waals surface area contributed by atoms with E-state index in [2.05, 4.69) is 20.2 Å². The number of imidazole rings is 1. The largest absolute Gasteiger partial charge is 0.350 e. The van der Waals surface area contributed by atoms with Gasteiger partial charge < -0.3 is 15.2 Å². The van der Waals surface area contributed by atoms with Crippen LogP contribution in [0.15, 0.2) is 36.8 Å². The van der Waals surface area contributed by atoms with Gasteiger partial charge in [0.25, 0.3) is 5.91 Å². The van der Waals surface area contributed by atoms with Gasteiger partial charge in [-0.15, -0.1) is 0 Å². The van der Waals surface area contributed by atoms with Gasteiger partial charge in [-0.05, 0) is 44.0 Å². The number of nitrogens with zero attached hydrogens (tertiary/aromatic N) is 2. The molecule has 0 saturated heterocycles. The zero-order valence-electron chi connectivity index (χ0n) is 14.7. The zero-order valence-corrected chi connectivity index (χ0v) is 14.7. The van der Waals surface area contributed by atoms with Crippen LogP contribution in [0.4, 0.5) is 5.69 Å². The van der Waals surface area contributed by atoms with Crippen LogP contribution >= 0.6 is 0 Å². The Kier molecular flexibility index (Phi) is 5.16. The van der Waals surface area contributed by atoms with Crippen LogP contribution in [0.5, 0.6) is 0 Å². The summed E-state index contributed by atoms with van der Waals surface area (Å²) < 4.78 is 2.09. The molecule has 6 heteroatoms. The molecule has 2 aromatic rings. The van der Waals surface area contributed by atoms with Gasteiger partial charge in [-0.1, -0.05) is 6.92 Å². The van der Waals surface area contributed by atoms with Crippen molar-refractivity contribution < 1.29 is 9.59 Å². The fourth-order valence-corrected chi connectivity index (χ4v) is 2.95. The number of nitrogens with one attached hydrogen (secondary N) is 2. The first-order valence-electron chi connectivity index (χ1n) is 8.77. The Morgan fingerprint density at radius 2 is 2.08 bits per heavy atom. The SMILES string of the molecule is CC[C@@H](C)NC(=O)c1ccc(NC(=O)[C@H]2CCn3cncc3C2)cc1. The third kappa shape index (κ3) is 4.07. The lowest BCUT2D eigenvalue weighted by molar-refractivity contribution is -0.120. The molecule has 2 N–H and O–H groups in total. The molecule has 1 aliphatic rings. The summed E-state index contributed by atoms with van der Waals surface area (Å²) in [6.07, 6.45) is 6.04. The topological polar surface area (TPSA) is 76.0 Å². The van der Waals surface area contributed by atoms with Crippen LogP contribution in [0.25, 0.3) is 0 Å². The lowest BCUT2D eigenvalue weighted by Gasteiger charge is -2.23. The van der Waals surface area contributed by atoms with Crippen molar-refractivity contribution >= 4 is 17.5 Å². The van der Waals surface area contributed by atoms with Crippen LogP contribution in [0.1, 0.15) is 42.7 Å². The molecule has 0 bridgehead atoms. The average Bonchev–Trinajstić information content (AvgIpc) is 3.09. The molecule has 1 aromatic heterocycles. The molecular weight excluding hydrogens is 316 g/mol. The van der Waals surface area contributed by atoms with E-state index >= 15 is 0 Å². The molecule has 1 aromatic carbocycles. The Balaban J connectivity index is 1.58. The number of fused-ring (bicyclic) bond motifs is 1. The number of carbonyl (C=O) groups excluding carboxylic acids is 2. The monoisotopic (exact) mass is 340 g/mol. The smallest absolute Gasteiger partial charge is 0.251 e. The first kappa shape index (κ1) is 17.2. The highest BCUT2D eigenvalue weighted by atomic mass is 16.2. The summed E-state index contributed by atoms with van der Waals surface area (Å²) in [5, 5.41) is 5.88. The van der Waals surface area contributed by atoms with E-state index in [9.17, 15) is 9.59 Å². The molecule has 2 amide bonds. The van der Waals surface area contributed by atoms with E-state index in [4.69, 9.17) is 0 Å². The van der Waals surface area contributed by atoms with Crippen molar-refractivity contribution in [3.8, 4) is 0 Å². The second-order valence-electron chi connectivity index (χ2n) is 6.62. The minimum absolute atomic E-state index is 0.0178. The lowest BCUT2D eigenvalue weighted by atomic mass is 9.95. The number of benzene rings is 1. The van der Waals surface area contributed by atoms with Crippen molar-refractivity contribution in [1.29, 1.82) is 0 Å². The fourth-order valence-electron chi connectivity index (χ4n) is 2.95. The normalized spacial score (nSPS) is 17.4. The molecule has 6 nitrogen and oxygen atoms in total. The Hall–Kier alpha value is -2.63. The minimum Gasteiger partial charge on any atom is -0.350 e. The quantitative estimate of drug-likeness (QED) is 0.878. The molecule has 0 aliphatic carbocycles. The second kappa shape index (κ2) is 7.51. The first-order valence-corrected chi connectivity index (χ1v) is 8.77. The molecule has 3 rings (SSSR count). The molecule has 1 aliphatic heterocycles. The van der Waals surface area contributed by atoms with E-state index < -0.39 is 0 Å². The lowest BCUT2D eigenvalue weighted by Crippen LogP contribution is -2.32. The van der Waals surface area contributed by atoms with Crippen LogP contribution in [0.2, 0.25) is 0 Å². The number of hydrogen-bond acceptors (Lipinski definition) is 3. The number of rotatable bonds is 5. The van der Waals surface area contributed by atoms with Crippen molar-refractivity contribution in [1.82, 2.24) is 14.9 Å². The predicted molar refractivity (Wildman–Crippen MR) is 96.3 cm³/mol. The van der Waals surface area contributed by atoms with Crippen molar-refractivity contribution in [2.75, 3.05) is 5.32 Å². The maximum Gasteiger partial charge on any atom is 0.251 e. The Morgan fingerprint density at radius 3 is 2.80 bits per heavy atom. The molecule has 0 saturated carbocycles. The van der Waals surface area contributed by atoms with Crippen LogP contribution in [-0.4, -0.2) is 27.4 Å². The maximum atomic E-state index is 12.5. The van der Waals surface area contributed by atoms with Crippen molar-refractivity contribution in [3.05, 3.63) is 48.0 Å². The second-order valence-corrected chi connectivity index (χ2v) is 6.62. The Labute approximate surface area is 147 Å².